The molecule has 1 aromatic heterocycles. The average Bonchev–Trinajstić information content (AvgIpc) is 3.02. The van der Waals surface area contributed by atoms with E-state index in [0.29, 0.717) is 17.9 Å². The lowest BCUT2D eigenvalue weighted by Crippen LogP contribution is -2.36. The van der Waals surface area contributed by atoms with E-state index >= 15 is 0 Å². The van der Waals surface area contributed by atoms with E-state index in [0.717, 1.165) is 37.0 Å². The van der Waals surface area contributed by atoms with Crippen LogP contribution in [0.4, 0.5) is 0 Å². The molecular weight excluding hydrogens is 250 g/mol. The number of aromatic nitrogens is 2. The molecule has 3 unspecified atom stereocenters. The fourth-order valence-electron chi connectivity index (χ4n) is 3.02. The van der Waals surface area contributed by atoms with E-state index in [2.05, 4.69) is 43.2 Å². The summed E-state index contributed by atoms with van der Waals surface area (Å²) in [5, 5.41) is 7.79. The van der Waals surface area contributed by atoms with Crippen molar-refractivity contribution in [1.82, 2.24) is 15.5 Å². The first kappa shape index (κ1) is 15.5. The van der Waals surface area contributed by atoms with Gasteiger partial charge < -0.3 is 9.84 Å². The van der Waals surface area contributed by atoms with Crippen LogP contribution in [0.2, 0.25) is 0 Å². The topological polar surface area (TPSA) is 51.0 Å². The smallest absolute Gasteiger partial charge is 0.228 e. The van der Waals surface area contributed by atoms with E-state index in [4.69, 9.17) is 4.52 Å². The maximum atomic E-state index is 5.47. The van der Waals surface area contributed by atoms with Crippen LogP contribution in [-0.4, -0.2) is 22.7 Å². The SMILES string of the molecule is CCCNC(Cc1nc(C2CCC(C)C2)no1)C(C)C. The normalized spacial score (nSPS) is 24.4. The molecule has 1 fully saturated rings. The maximum absolute atomic E-state index is 5.47. The maximum Gasteiger partial charge on any atom is 0.228 e. The summed E-state index contributed by atoms with van der Waals surface area (Å²) in [6, 6.07) is 0.422. The van der Waals surface area contributed by atoms with Gasteiger partial charge in [-0.1, -0.05) is 32.9 Å². The molecule has 1 aliphatic carbocycles. The first-order valence-corrected chi connectivity index (χ1v) is 8.16. The predicted molar refractivity (Wildman–Crippen MR) is 80.7 cm³/mol. The van der Waals surface area contributed by atoms with Crippen molar-refractivity contribution in [1.29, 1.82) is 0 Å². The summed E-state index contributed by atoms with van der Waals surface area (Å²) < 4.78 is 5.47. The number of rotatable bonds is 7. The second-order valence-corrected chi connectivity index (χ2v) is 6.67. The van der Waals surface area contributed by atoms with Crippen molar-refractivity contribution in [2.75, 3.05) is 6.54 Å². The molecule has 0 spiro atoms. The molecule has 2 rings (SSSR count). The molecule has 114 valence electrons. The Kier molecular flexibility index (Phi) is 5.58. The molecular formula is C16H29N3O. The Bertz CT molecular complexity index is 402. The van der Waals surface area contributed by atoms with Gasteiger partial charge in [0.05, 0.1) is 0 Å². The molecule has 0 aliphatic heterocycles. The van der Waals surface area contributed by atoms with Crippen LogP contribution in [-0.2, 0) is 6.42 Å². The minimum atomic E-state index is 0.422. The van der Waals surface area contributed by atoms with Crippen LogP contribution in [0.3, 0.4) is 0 Å². The zero-order valence-corrected chi connectivity index (χ0v) is 13.4. The van der Waals surface area contributed by atoms with Crippen molar-refractivity contribution < 1.29 is 4.52 Å². The molecule has 1 aliphatic rings. The van der Waals surface area contributed by atoms with E-state index in [1.165, 1.54) is 19.3 Å². The number of hydrogen-bond acceptors (Lipinski definition) is 4. The highest BCUT2D eigenvalue weighted by Gasteiger charge is 2.27. The molecule has 0 bridgehead atoms. The Morgan fingerprint density at radius 2 is 2.15 bits per heavy atom. The number of nitrogens with zero attached hydrogens (tertiary/aromatic N) is 2. The molecule has 0 aromatic carbocycles. The van der Waals surface area contributed by atoms with Gasteiger partial charge in [0.25, 0.3) is 0 Å². The van der Waals surface area contributed by atoms with Gasteiger partial charge in [0.2, 0.25) is 5.89 Å². The van der Waals surface area contributed by atoms with Gasteiger partial charge in [-0.05, 0) is 44.1 Å². The Balaban J connectivity index is 1.93. The zero-order valence-electron chi connectivity index (χ0n) is 13.4. The van der Waals surface area contributed by atoms with E-state index < -0.39 is 0 Å². The minimum Gasteiger partial charge on any atom is -0.339 e. The lowest BCUT2D eigenvalue weighted by Gasteiger charge is -2.20. The number of nitrogens with one attached hydrogen (secondary N) is 1. The molecule has 0 saturated heterocycles. The highest BCUT2D eigenvalue weighted by molar-refractivity contribution is 5.00. The Morgan fingerprint density at radius 3 is 2.75 bits per heavy atom. The molecule has 4 nitrogen and oxygen atoms in total. The Hall–Kier alpha value is -0.900. The van der Waals surface area contributed by atoms with Gasteiger partial charge in [0.1, 0.15) is 0 Å². The van der Waals surface area contributed by atoms with Crippen LogP contribution in [0.15, 0.2) is 4.52 Å². The van der Waals surface area contributed by atoms with Gasteiger partial charge in [-0.25, -0.2) is 0 Å². The summed E-state index contributed by atoms with van der Waals surface area (Å²) in [6.45, 7) is 10.0. The average molecular weight is 279 g/mol. The van der Waals surface area contributed by atoms with Crippen molar-refractivity contribution in [3.63, 3.8) is 0 Å². The van der Waals surface area contributed by atoms with Crippen LogP contribution >= 0.6 is 0 Å². The first-order chi connectivity index (χ1) is 9.60. The zero-order chi connectivity index (χ0) is 14.5. The van der Waals surface area contributed by atoms with Gasteiger partial charge in [-0.15, -0.1) is 0 Å². The van der Waals surface area contributed by atoms with Gasteiger partial charge in [-0.3, -0.25) is 0 Å². The third-order valence-corrected chi connectivity index (χ3v) is 4.40. The van der Waals surface area contributed by atoms with Crippen molar-refractivity contribution in [2.24, 2.45) is 11.8 Å². The largest absolute Gasteiger partial charge is 0.339 e. The monoisotopic (exact) mass is 279 g/mol. The third kappa shape index (κ3) is 4.05. The predicted octanol–water partition coefficient (Wildman–Crippen LogP) is 3.54. The molecule has 1 aromatic rings. The van der Waals surface area contributed by atoms with Crippen molar-refractivity contribution in [2.45, 2.75) is 71.8 Å². The Labute approximate surface area is 122 Å². The van der Waals surface area contributed by atoms with Crippen LogP contribution in [0.5, 0.6) is 0 Å². The lowest BCUT2D eigenvalue weighted by atomic mass is 10.0. The van der Waals surface area contributed by atoms with Gasteiger partial charge in [0.15, 0.2) is 5.82 Å². The van der Waals surface area contributed by atoms with E-state index in [1.807, 2.05) is 0 Å². The second-order valence-electron chi connectivity index (χ2n) is 6.67. The van der Waals surface area contributed by atoms with Crippen LogP contribution in [0.1, 0.15) is 71.0 Å². The second kappa shape index (κ2) is 7.21. The first-order valence-electron chi connectivity index (χ1n) is 8.16. The summed E-state index contributed by atoms with van der Waals surface area (Å²) in [5.74, 6) is 3.62. The van der Waals surface area contributed by atoms with Crippen LogP contribution in [0, 0.1) is 11.8 Å². The van der Waals surface area contributed by atoms with E-state index in [1.54, 1.807) is 0 Å². The molecule has 1 saturated carbocycles. The molecule has 20 heavy (non-hydrogen) atoms. The Morgan fingerprint density at radius 1 is 1.35 bits per heavy atom. The summed E-state index contributed by atoms with van der Waals surface area (Å²) in [5.41, 5.74) is 0. The minimum absolute atomic E-state index is 0.422. The quantitative estimate of drug-likeness (QED) is 0.829. The van der Waals surface area contributed by atoms with Crippen molar-refractivity contribution >= 4 is 0 Å². The van der Waals surface area contributed by atoms with Gasteiger partial charge in [-0.2, -0.15) is 4.98 Å². The third-order valence-electron chi connectivity index (χ3n) is 4.40. The molecule has 1 heterocycles. The van der Waals surface area contributed by atoms with Crippen LogP contribution in [0.25, 0.3) is 0 Å². The van der Waals surface area contributed by atoms with Crippen LogP contribution < -0.4 is 5.32 Å². The van der Waals surface area contributed by atoms with Gasteiger partial charge >= 0.3 is 0 Å². The molecule has 3 atom stereocenters. The molecule has 4 heteroatoms. The van der Waals surface area contributed by atoms with E-state index in [-0.39, 0.29) is 0 Å². The summed E-state index contributed by atoms with van der Waals surface area (Å²) >= 11 is 0. The highest BCUT2D eigenvalue weighted by atomic mass is 16.5. The van der Waals surface area contributed by atoms with Crippen molar-refractivity contribution in [3.8, 4) is 0 Å². The summed E-state index contributed by atoms with van der Waals surface area (Å²) in [4.78, 5) is 4.64. The molecule has 0 amide bonds. The van der Waals surface area contributed by atoms with Crippen molar-refractivity contribution in [3.05, 3.63) is 11.7 Å². The highest BCUT2D eigenvalue weighted by Crippen LogP contribution is 2.36. The number of hydrogen-bond donors (Lipinski definition) is 1. The summed E-state index contributed by atoms with van der Waals surface area (Å²) in [6.07, 6.45) is 5.70. The lowest BCUT2D eigenvalue weighted by molar-refractivity contribution is 0.323. The van der Waals surface area contributed by atoms with E-state index in [9.17, 15) is 0 Å². The fourth-order valence-corrected chi connectivity index (χ4v) is 3.02. The fraction of sp³-hybridized carbons (Fsp3) is 0.875. The summed E-state index contributed by atoms with van der Waals surface area (Å²) in [7, 11) is 0. The standard InChI is InChI=1S/C16H29N3O/c1-5-8-17-14(11(2)3)10-15-18-16(19-20-15)13-7-6-12(4)9-13/h11-14,17H,5-10H2,1-4H3. The van der Waals surface area contributed by atoms with Gasteiger partial charge in [0, 0.05) is 18.4 Å². The molecule has 1 N–H and O–H groups in total. The molecule has 0 radical (unpaired) electrons.